The molecular formula is C19H14F2N2O2S. The van der Waals surface area contributed by atoms with Gasteiger partial charge in [0.05, 0.1) is 12.8 Å². The average Bonchev–Trinajstić information content (AvgIpc) is 3.08. The molecule has 0 atom stereocenters. The molecule has 0 fully saturated rings. The summed E-state index contributed by atoms with van der Waals surface area (Å²) in [7, 11) is 1.39. The molecule has 3 aromatic rings. The van der Waals surface area contributed by atoms with Gasteiger partial charge in [-0.3, -0.25) is 10.1 Å². The Morgan fingerprint density at radius 2 is 2.08 bits per heavy atom. The van der Waals surface area contributed by atoms with Gasteiger partial charge in [0.1, 0.15) is 5.82 Å². The van der Waals surface area contributed by atoms with Crippen LogP contribution in [0.4, 0.5) is 13.9 Å². The third kappa shape index (κ3) is 4.31. The molecular weight excluding hydrogens is 358 g/mol. The molecule has 1 amide bonds. The van der Waals surface area contributed by atoms with Crippen molar-refractivity contribution in [2.24, 2.45) is 0 Å². The van der Waals surface area contributed by atoms with Gasteiger partial charge in [0.15, 0.2) is 16.7 Å². The third-order valence-electron chi connectivity index (χ3n) is 3.46. The Bertz CT molecular complexity index is 970. The molecule has 0 aliphatic rings. The zero-order valence-electron chi connectivity index (χ0n) is 13.7. The van der Waals surface area contributed by atoms with E-state index in [0.29, 0.717) is 22.0 Å². The maximum Gasteiger partial charge on any atom is 0.250 e. The summed E-state index contributed by atoms with van der Waals surface area (Å²) in [6.45, 7) is 0. The van der Waals surface area contributed by atoms with E-state index in [9.17, 15) is 13.6 Å². The summed E-state index contributed by atoms with van der Waals surface area (Å²) >= 11 is 1.22. The van der Waals surface area contributed by atoms with Gasteiger partial charge in [-0.05, 0) is 42.0 Å². The normalized spacial score (nSPS) is 10.9. The highest BCUT2D eigenvalue weighted by Crippen LogP contribution is 2.28. The van der Waals surface area contributed by atoms with E-state index in [4.69, 9.17) is 4.74 Å². The Labute approximate surface area is 152 Å². The van der Waals surface area contributed by atoms with Gasteiger partial charge < -0.3 is 4.74 Å². The van der Waals surface area contributed by atoms with Crippen LogP contribution >= 0.6 is 11.3 Å². The Morgan fingerprint density at radius 3 is 2.81 bits per heavy atom. The zero-order chi connectivity index (χ0) is 18.5. The summed E-state index contributed by atoms with van der Waals surface area (Å²) in [5.74, 6) is -1.10. The standard InChI is InChI=1S/C19H14F2N2O2S/c1-25-17-7-6-13(10-15(17)21)16-11-26-19(22-16)23-18(24)8-5-12-3-2-4-14(20)9-12/h2-11H,1H3,(H,22,23,24)/b8-5+. The number of halogens is 2. The van der Waals surface area contributed by atoms with Crippen molar-refractivity contribution in [2.45, 2.75) is 0 Å². The number of methoxy groups -OCH3 is 1. The van der Waals surface area contributed by atoms with Gasteiger partial charge in [0.2, 0.25) is 5.91 Å². The summed E-state index contributed by atoms with van der Waals surface area (Å²) < 4.78 is 31.8. The molecule has 1 aromatic heterocycles. The molecule has 7 heteroatoms. The monoisotopic (exact) mass is 372 g/mol. The van der Waals surface area contributed by atoms with E-state index in [1.807, 2.05) is 0 Å². The van der Waals surface area contributed by atoms with Gasteiger partial charge in [0.25, 0.3) is 0 Å². The molecule has 0 saturated heterocycles. The van der Waals surface area contributed by atoms with Gasteiger partial charge in [-0.15, -0.1) is 11.3 Å². The molecule has 0 unspecified atom stereocenters. The molecule has 132 valence electrons. The molecule has 4 nitrogen and oxygen atoms in total. The second-order valence-electron chi connectivity index (χ2n) is 5.26. The van der Waals surface area contributed by atoms with Crippen molar-refractivity contribution in [3.8, 4) is 17.0 Å². The average molecular weight is 372 g/mol. The lowest BCUT2D eigenvalue weighted by Crippen LogP contribution is -2.07. The van der Waals surface area contributed by atoms with Crippen molar-refractivity contribution >= 4 is 28.5 Å². The first kappa shape index (κ1) is 17.8. The number of nitrogens with zero attached hydrogens (tertiary/aromatic N) is 1. The van der Waals surface area contributed by atoms with Crippen LogP contribution in [0.15, 0.2) is 53.9 Å². The highest BCUT2D eigenvalue weighted by Gasteiger charge is 2.09. The Hall–Kier alpha value is -3.06. The topological polar surface area (TPSA) is 51.2 Å². The quantitative estimate of drug-likeness (QED) is 0.658. The maximum atomic E-state index is 13.8. The first-order chi connectivity index (χ1) is 12.5. The lowest BCUT2D eigenvalue weighted by molar-refractivity contribution is -0.111. The number of rotatable bonds is 5. The third-order valence-corrected chi connectivity index (χ3v) is 4.22. The van der Waals surface area contributed by atoms with Crippen molar-refractivity contribution in [3.63, 3.8) is 0 Å². The number of benzene rings is 2. The van der Waals surface area contributed by atoms with Gasteiger partial charge in [-0.25, -0.2) is 13.8 Å². The lowest BCUT2D eigenvalue weighted by Gasteiger charge is -2.03. The van der Waals surface area contributed by atoms with E-state index in [1.165, 1.54) is 54.9 Å². The first-order valence-electron chi connectivity index (χ1n) is 7.59. The van der Waals surface area contributed by atoms with Crippen molar-refractivity contribution in [1.29, 1.82) is 0 Å². The number of amides is 1. The van der Waals surface area contributed by atoms with E-state index in [0.717, 1.165) is 0 Å². The van der Waals surface area contributed by atoms with Crippen LogP contribution in [0, 0.1) is 11.6 Å². The van der Waals surface area contributed by atoms with Crippen LogP contribution in [0.2, 0.25) is 0 Å². The summed E-state index contributed by atoms with van der Waals surface area (Å²) in [5.41, 5.74) is 1.70. The maximum absolute atomic E-state index is 13.8. The molecule has 0 aliphatic heterocycles. The summed E-state index contributed by atoms with van der Waals surface area (Å²) in [6.07, 6.45) is 2.80. The fourth-order valence-electron chi connectivity index (χ4n) is 2.22. The fraction of sp³-hybridized carbons (Fsp3) is 0.0526. The number of hydrogen-bond acceptors (Lipinski definition) is 4. The lowest BCUT2D eigenvalue weighted by atomic mass is 10.1. The van der Waals surface area contributed by atoms with Crippen LogP contribution in [0.1, 0.15) is 5.56 Å². The van der Waals surface area contributed by atoms with E-state index in [1.54, 1.807) is 23.6 Å². The highest BCUT2D eigenvalue weighted by molar-refractivity contribution is 7.14. The minimum absolute atomic E-state index is 0.153. The van der Waals surface area contributed by atoms with Crippen LogP contribution in [-0.4, -0.2) is 18.0 Å². The number of hydrogen-bond donors (Lipinski definition) is 1. The van der Waals surface area contributed by atoms with E-state index in [-0.39, 0.29) is 11.6 Å². The molecule has 26 heavy (non-hydrogen) atoms. The molecule has 1 N–H and O–H groups in total. The second-order valence-corrected chi connectivity index (χ2v) is 6.12. The van der Waals surface area contributed by atoms with Crippen molar-refractivity contribution in [1.82, 2.24) is 4.98 Å². The first-order valence-corrected chi connectivity index (χ1v) is 8.47. The molecule has 1 heterocycles. The molecule has 0 saturated carbocycles. The number of nitrogens with one attached hydrogen (secondary N) is 1. The van der Waals surface area contributed by atoms with Gasteiger partial charge in [0, 0.05) is 17.0 Å². The van der Waals surface area contributed by atoms with Crippen LogP contribution < -0.4 is 10.1 Å². The Morgan fingerprint density at radius 1 is 1.23 bits per heavy atom. The van der Waals surface area contributed by atoms with E-state index in [2.05, 4.69) is 10.3 Å². The summed E-state index contributed by atoms with van der Waals surface area (Å²) in [5, 5.41) is 4.72. The van der Waals surface area contributed by atoms with Crippen LogP contribution in [0.5, 0.6) is 5.75 Å². The highest BCUT2D eigenvalue weighted by atomic mass is 32.1. The molecule has 2 aromatic carbocycles. The van der Waals surface area contributed by atoms with Crippen LogP contribution in [-0.2, 0) is 4.79 Å². The molecule has 0 radical (unpaired) electrons. The predicted octanol–water partition coefficient (Wildman–Crippen LogP) is 4.75. The summed E-state index contributed by atoms with van der Waals surface area (Å²) in [6, 6.07) is 10.4. The Balaban J connectivity index is 1.68. The molecule has 0 spiro atoms. The predicted molar refractivity (Wildman–Crippen MR) is 98.1 cm³/mol. The molecule has 0 aliphatic carbocycles. The van der Waals surface area contributed by atoms with E-state index >= 15 is 0 Å². The van der Waals surface area contributed by atoms with Crippen LogP contribution in [0.25, 0.3) is 17.3 Å². The Kier molecular flexibility index (Phi) is 5.38. The minimum Gasteiger partial charge on any atom is -0.494 e. The second kappa shape index (κ2) is 7.88. The van der Waals surface area contributed by atoms with Gasteiger partial charge in [-0.1, -0.05) is 12.1 Å². The summed E-state index contributed by atoms with van der Waals surface area (Å²) in [4.78, 5) is 16.2. The largest absolute Gasteiger partial charge is 0.494 e. The number of aromatic nitrogens is 1. The van der Waals surface area contributed by atoms with Gasteiger partial charge in [-0.2, -0.15) is 0 Å². The number of anilines is 1. The zero-order valence-corrected chi connectivity index (χ0v) is 14.5. The number of ether oxygens (including phenoxy) is 1. The smallest absolute Gasteiger partial charge is 0.250 e. The van der Waals surface area contributed by atoms with Crippen molar-refractivity contribution in [3.05, 3.63) is 71.1 Å². The molecule has 3 rings (SSSR count). The number of thiazole rings is 1. The molecule has 0 bridgehead atoms. The van der Waals surface area contributed by atoms with Gasteiger partial charge >= 0.3 is 0 Å². The van der Waals surface area contributed by atoms with Crippen molar-refractivity contribution in [2.75, 3.05) is 12.4 Å². The SMILES string of the molecule is COc1ccc(-c2csc(NC(=O)/C=C/c3cccc(F)c3)n2)cc1F. The fourth-order valence-corrected chi connectivity index (χ4v) is 2.94. The van der Waals surface area contributed by atoms with E-state index < -0.39 is 11.7 Å². The number of carbonyl (C=O) groups is 1. The van der Waals surface area contributed by atoms with Crippen LogP contribution in [0.3, 0.4) is 0 Å². The number of carbonyl (C=O) groups excluding carboxylic acids is 1. The van der Waals surface area contributed by atoms with Crippen molar-refractivity contribution < 1.29 is 18.3 Å². The minimum atomic E-state index is -0.485.